The van der Waals surface area contributed by atoms with Gasteiger partial charge in [-0.2, -0.15) is 4.72 Å². The molecule has 29 heavy (non-hydrogen) atoms. The minimum atomic E-state index is -3.99. The van der Waals surface area contributed by atoms with Gasteiger partial charge in [-0.3, -0.25) is 9.10 Å². The summed E-state index contributed by atoms with van der Waals surface area (Å²) in [5, 5.41) is 6.22. The van der Waals surface area contributed by atoms with Gasteiger partial charge < -0.3 is 9.84 Å². The van der Waals surface area contributed by atoms with Crippen LogP contribution in [0.15, 0.2) is 33.7 Å². The van der Waals surface area contributed by atoms with E-state index in [2.05, 4.69) is 15.2 Å². The second-order valence-electron chi connectivity index (χ2n) is 6.77. The molecule has 0 saturated carbocycles. The first-order valence-corrected chi connectivity index (χ1v) is 12.0. The van der Waals surface area contributed by atoms with E-state index >= 15 is 0 Å². The van der Waals surface area contributed by atoms with Crippen molar-refractivity contribution in [2.75, 3.05) is 21.9 Å². The van der Waals surface area contributed by atoms with E-state index in [0.717, 1.165) is 0 Å². The van der Waals surface area contributed by atoms with Crippen LogP contribution >= 0.6 is 0 Å². The third-order valence-electron chi connectivity index (χ3n) is 4.48. The van der Waals surface area contributed by atoms with E-state index in [0.29, 0.717) is 24.3 Å². The summed E-state index contributed by atoms with van der Waals surface area (Å²) in [4.78, 5) is 12.3. The minimum Gasteiger partial charge on any atom is -0.360 e. The van der Waals surface area contributed by atoms with Gasteiger partial charge in [-0.1, -0.05) is 5.16 Å². The Labute approximate surface area is 169 Å². The highest BCUT2D eigenvalue weighted by Crippen LogP contribution is 2.25. The largest absolute Gasteiger partial charge is 0.360 e. The molecule has 1 aromatic heterocycles. The molecule has 0 aliphatic carbocycles. The first kappa shape index (κ1) is 21.3. The predicted octanol–water partition coefficient (Wildman–Crippen LogP) is 1.14. The second kappa shape index (κ2) is 7.76. The fourth-order valence-electron chi connectivity index (χ4n) is 3.09. The standard InChI is InChI=1S/C17H22N4O6S2/c1-11-16(13(3)27-19-11)29(25,26)20-12(2)17(22)18-14-5-7-15(8-6-14)21-9-4-10-28(21,23)24/h5-8,12,20H,4,9-10H2,1-3H3,(H,18,22)/t12-/m0/s1. The Morgan fingerprint density at radius 1 is 1.24 bits per heavy atom. The third kappa shape index (κ3) is 4.43. The van der Waals surface area contributed by atoms with Gasteiger partial charge in [0.1, 0.15) is 10.6 Å². The number of sulfonamides is 2. The quantitative estimate of drug-likeness (QED) is 0.684. The highest BCUT2D eigenvalue weighted by atomic mass is 32.2. The Bertz CT molecular complexity index is 1100. The molecule has 158 valence electrons. The van der Waals surface area contributed by atoms with Crippen LogP contribution in [0, 0.1) is 13.8 Å². The summed E-state index contributed by atoms with van der Waals surface area (Å²) < 4.78 is 57.5. The Morgan fingerprint density at radius 3 is 2.41 bits per heavy atom. The van der Waals surface area contributed by atoms with Gasteiger partial charge in [0, 0.05) is 12.2 Å². The van der Waals surface area contributed by atoms with E-state index in [1.54, 1.807) is 24.3 Å². The molecule has 1 atom stereocenters. The van der Waals surface area contributed by atoms with Crippen molar-refractivity contribution in [2.24, 2.45) is 0 Å². The number of hydrogen-bond donors (Lipinski definition) is 2. The summed E-state index contributed by atoms with van der Waals surface area (Å²) in [6.07, 6.45) is 0.573. The number of benzene rings is 1. The van der Waals surface area contributed by atoms with Crippen LogP contribution in [0.5, 0.6) is 0 Å². The molecule has 1 saturated heterocycles. The zero-order valence-electron chi connectivity index (χ0n) is 16.2. The van der Waals surface area contributed by atoms with Gasteiger partial charge in [0.15, 0.2) is 5.76 Å². The number of hydrogen-bond acceptors (Lipinski definition) is 7. The number of amides is 1. The minimum absolute atomic E-state index is 0.0895. The number of carbonyl (C=O) groups excluding carboxylic acids is 1. The van der Waals surface area contributed by atoms with Crippen molar-refractivity contribution in [1.29, 1.82) is 0 Å². The first-order valence-electron chi connectivity index (χ1n) is 8.88. The van der Waals surface area contributed by atoms with Crippen LogP contribution in [0.4, 0.5) is 11.4 Å². The molecule has 2 aromatic rings. The normalized spacial score (nSPS) is 17.3. The van der Waals surface area contributed by atoms with E-state index in [1.165, 1.54) is 25.1 Å². The fraction of sp³-hybridized carbons (Fsp3) is 0.412. The zero-order chi connectivity index (χ0) is 21.4. The van der Waals surface area contributed by atoms with Crippen molar-refractivity contribution in [3.63, 3.8) is 0 Å². The molecule has 1 aliphatic heterocycles. The van der Waals surface area contributed by atoms with Gasteiger partial charge in [0.25, 0.3) is 0 Å². The molecule has 0 radical (unpaired) electrons. The molecule has 12 heteroatoms. The highest BCUT2D eigenvalue weighted by Gasteiger charge is 2.29. The summed E-state index contributed by atoms with van der Waals surface area (Å²) >= 11 is 0. The van der Waals surface area contributed by atoms with E-state index in [1.807, 2.05) is 0 Å². The number of carbonyl (C=O) groups is 1. The Hall–Kier alpha value is -2.44. The Balaban J connectivity index is 1.67. The van der Waals surface area contributed by atoms with E-state index in [9.17, 15) is 21.6 Å². The molecule has 0 spiro atoms. The van der Waals surface area contributed by atoms with Gasteiger partial charge >= 0.3 is 0 Å². The zero-order valence-corrected chi connectivity index (χ0v) is 17.8. The Kier molecular flexibility index (Phi) is 5.70. The van der Waals surface area contributed by atoms with Crippen LogP contribution in [-0.4, -0.2) is 46.2 Å². The van der Waals surface area contributed by atoms with Crippen molar-refractivity contribution in [3.05, 3.63) is 35.7 Å². The van der Waals surface area contributed by atoms with Crippen LogP contribution in [0.2, 0.25) is 0 Å². The summed E-state index contributed by atoms with van der Waals surface area (Å²) in [6, 6.07) is 5.26. The molecule has 10 nitrogen and oxygen atoms in total. The molecule has 0 unspecified atom stereocenters. The number of nitrogens with zero attached hydrogens (tertiary/aromatic N) is 2. The molecule has 3 rings (SSSR count). The average molecular weight is 443 g/mol. The van der Waals surface area contributed by atoms with Gasteiger partial charge in [-0.05, 0) is 51.5 Å². The molecule has 1 amide bonds. The summed E-state index contributed by atoms with van der Waals surface area (Å²) in [5.74, 6) is -0.314. The second-order valence-corrected chi connectivity index (χ2v) is 10.4. The SMILES string of the molecule is Cc1noc(C)c1S(=O)(=O)N[C@@H](C)C(=O)Nc1ccc(N2CCCS2(=O)=O)cc1. The van der Waals surface area contributed by atoms with Gasteiger partial charge in [-0.15, -0.1) is 0 Å². The third-order valence-corrected chi connectivity index (χ3v) is 8.14. The molecular weight excluding hydrogens is 420 g/mol. The smallest absolute Gasteiger partial charge is 0.246 e. The van der Waals surface area contributed by atoms with Crippen molar-refractivity contribution >= 4 is 37.3 Å². The predicted molar refractivity (Wildman–Crippen MR) is 107 cm³/mol. The van der Waals surface area contributed by atoms with Crippen molar-refractivity contribution in [2.45, 2.75) is 38.1 Å². The topological polar surface area (TPSA) is 139 Å². The summed E-state index contributed by atoms with van der Waals surface area (Å²) in [6.45, 7) is 4.81. The lowest BCUT2D eigenvalue weighted by Crippen LogP contribution is -2.41. The van der Waals surface area contributed by atoms with E-state index in [-0.39, 0.29) is 22.1 Å². The fourth-order valence-corrected chi connectivity index (χ4v) is 6.19. The van der Waals surface area contributed by atoms with Crippen molar-refractivity contribution in [3.8, 4) is 0 Å². The average Bonchev–Trinajstić information content (AvgIpc) is 3.16. The first-order chi connectivity index (χ1) is 13.5. The maximum absolute atomic E-state index is 12.5. The van der Waals surface area contributed by atoms with Crippen molar-refractivity contribution < 1.29 is 26.2 Å². The van der Waals surface area contributed by atoms with Crippen molar-refractivity contribution in [1.82, 2.24) is 9.88 Å². The number of aryl methyl sites for hydroxylation is 2. The maximum Gasteiger partial charge on any atom is 0.246 e. The van der Waals surface area contributed by atoms with Crippen LogP contribution in [0.3, 0.4) is 0 Å². The Morgan fingerprint density at radius 2 is 1.90 bits per heavy atom. The van der Waals surface area contributed by atoms with E-state index in [4.69, 9.17) is 4.52 Å². The molecule has 1 aliphatic rings. The molecule has 0 bridgehead atoms. The number of rotatable bonds is 6. The lowest BCUT2D eigenvalue weighted by atomic mass is 10.2. The monoisotopic (exact) mass is 442 g/mol. The molecule has 1 fully saturated rings. The van der Waals surface area contributed by atoms with Gasteiger partial charge in [0.2, 0.25) is 26.0 Å². The highest BCUT2D eigenvalue weighted by molar-refractivity contribution is 7.93. The number of nitrogens with one attached hydrogen (secondary N) is 2. The molecule has 2 N–H and O–H groups in total. The molecule has 1 aromatic carbocycles. The summed E-state index contributed by atoms with van der Waals surface area (Å²) in [7, 11) is -7.27. The lowest BCUT2D eigenvalue weighted by molar-refractivity contribution is -0.117. The van der Waals surface area contributed by atoms with E-state index < -0.39 is 32.0 Å². The van der Waals surface area contributed by atoms with Gasteiger partial charge in [-0.25, -0.2) is 16.8 Å². The summed E-state index contributed by atoms with van der Waals surface area (Å²) in [5.41, 5.74) is 1.14. The maximum atomic E-state index is 12.5. The van der Waals surface area contributed by atoms with Gasteiger partial charge in [0.05, 0.1) is 17.5 Å². The van der Waals surface area contributed by atoms with Crippen LogP contribution < -0.4 is 14.3 Å². The lowest BCUT2D eigenvalue weighted by Gasteiger charge is -2.18. The molecule has 2 heterocycles. The molecular formula is C17H22N4O6S2. The van der Waals surface area contributed by atoms with Crippen LogP contribution in [0.1, 0.15) is 24.8 Å². The van der Waals surface area contributed by atoms with Crippen LogP contribution in [-0.2, 0) is 24.8 Å². The van der Waals surface area contributed by atoms with Crippen LogP contribution in [0.25, 0.3) is 0 Å². The number of anilines is 2. The number of aromatic nitrogens is 1.